The minimum Gasteiger partial charge on any atom is -0.316 e. The Morgan fingerprint density at radius 2 is 1.19 bits per heavy atom. The van der Waals surface area contributed by atoms with E-state index < -0.39 is 0 Å². The zero-order valence-electron chi connectivity index (χ0n) is 15.3. The Balaban J connectivity index is 1.83. The molecule has 1 N–H and O–H groups in total. The van der Waals surface area contributed by atoms with Crippen LogP contribution in [0, 0.1) is 13.8 Å². The third-order valence-corrected chi connectivity index (χ3v) is 4.43. The van der Waals surface area contributed by atoms with Gasteiger partial charge < -0.3 is 10.2 Å². The summed E-state index contributed by atoms with van der Waals surface area (Å²) in [7, 11) is 0. The summed E-state index contributed by atoms with van der Waals surface area (Å²) >= 11 is 0. The fourth-order valence-corrected chi connectivity index (χ4v) is 3.00. The molecule has 0 aromatic heterocycles. The number of hydrogen-bond donors (Lipinski definition) is 1. The summed E-state index contributed by atoms with van der Waals surface area (Å²) in [6.07, 6.45) is 0. The first kappa shape index (κ1) is 17.7. The summed E-state index contributed by atoms with van der Waals surface area (Å²) in [5.74, 6) is 0. The number of nitrogens with zero attached hydrogens (tertiary/aromatic N) is 1. The van der Waals surface area contributed by atoms with Gasteiger partial charge in [-0.05, 0) is 36.1 Å². The van der Waals surface area contributed by atoms with Crippen LogP contribution in [0.15, 0.2) is 78.9 Å². The first-order valence-corrected chi connectivity index (χ1v) is 8.83. The van der Waals surface area contributed by atoms with E-state index >= 15 is 0 Å². The van der Waals surface area contributed by atoms with E-state index in [0.717, 1.165) is 27.9 Å². The molecule has 0 radical (unpaired) electrons. The Morgan fingerprint density at radius 1 is 0.731 bits per heavy atom. The van der Waals surface area contributed by atoms with Crippen LogP contribution in [0.25, 0.3) is 0 Å². The van der Waals surface area contributed by atoms with Crippen molar-refractivity contribution in [1.82, 2.24) is 4.90 Å². The van der Waals surface area contributed by atoms with E-state index in [2.05, 4.69) is 5.32 Å². The monoisotopic (exact) mass is 344 g/mol. The van der Waals surface area contributed by atoms with Gasteiger partial charge in [-0.2, -0.15) is 0 Å². The Hall–Kier alpha value is -3.07. The van der Waals surface area contributed by atoms with E-state index in [0.29, 0.717) is 13.1 Å². The fourth-order valence-electron chi connectivity index (χ4n) is 3.00. The number of anilines is 1. The molecule has 0 spiro atoms. The second kappa shape index (κ2) is 8.34. The summed E-state index contributed by atoms with van der Waals surface area (Å²) in [4.78, 5) is 14.9. The van der Waals surface area contributed by atoms with Gasteiger partial charge in [0.1, 0.15) is 0 Å². The SMILES string of the molecule is Cc1cccc(C)c1NC(=O)N(Cc1ccccc1)Cc1ccccc1. The Kier molecular flexibility index (Phi) is 5.69. The summed E-state index contributed by atoms with van der Waals surface area (Å²) in [6, 6.07) is 26.1. The quantitative estimate of drug-likeness (QED) is 0.648. The molecular weight excluding hydrogens is 320 g/mol. The van der Waals surface area contributed by atoms with Gasteiger partial charge in [0.05, 0.1) is 0 Å². The lowest BCUT2D eigenvalue weighted by atomic mass is 10.1. The van der Waals surface area contributed by atoms with E-state index in [4.69, 9.17) is 0 Å². The highest BCUT2D eigenvalue weighted by Gasteiger charge is 2.16. The van der Waals surface area contributed by atoms with Crippen molar-refractivity contribution in [3.05, 3.63) is 101 Å². The van der Waals surface area contributed by atoms with Gasteiger partial charge in [0.15, 0.2) is 0 Å². The van der Waals surface area contributed by atoms with Crippen LogP contribution in [0.3, 0.4) is 0 Å². The third-order valence-electron chi connectivity index (χ3n) is 4.43. The van der Waals surface area contributed by atoms with Gasteiger partial charge in [-0.1, -0.05) is 78.9 Å². The van der Waals surface area contributed by atoms with E-state index in [9.17, 15) is 4.79 Å². The Labute approximate surface area is 155 Å². The number of rotatable bonds is 5. The fraction of sp³-hybridized carbons (Fsp3) is 0.174. The number of carbonyl (C=O) groups excluding carboxylic acids is 1. The second-order valence-corrected chi connectivity index (χ2v) is 6.52. The number of para-hydroxylation sites is 1. The van der Waals surface area contributed by atoms with Crippen LogP contribution >= 0.6 is 0 Å². The van der Waals surface area contributed by atoms with Crippen molar-refractivity contribution in [3.8, 4) is 0 Å². The lowest BCUT2D eigenvalue weighted by Crippen LogP contribution is -2.34. The molecule has 3 heteroatoms. The summed E-state index contributed by atoms with van der Waals surface area (Å²) in [5.41, 5.74) is 5.25. The standard InChI is InChI=1S/C23H24N2O/c1-18-10-9-11-19(2)22(18)24-23(26)25(16-20-12-5-3-6-13-20)17-21-14-7-4-8-15-21/h3-15H,16-17H2,1-2H3,(H,24,26). The van der Waals surface area contributed by atoms with Crippen LogP contribution in [-0.2, 0) is 13.1 Å². The molecule has 26 heavy (non-hydrogen) atoms. The molecule has 0 fully saturated rings. The molecule has 0 aliphatic heterocycles. The number of aryl methyl sites for hydroxylation is 2. The molecule has 3 nitrogen and oxygen atoms in total. The zero-order valence-corrected chi connectivity index (χ0v) is 15.3. The van der Waals surface area contributed by atoms with E-state index in [1.54, 1.807) is 0 Å². The topological polar surface area (TPSA) is 32.3 Å². The molecule has 3 rings (SSSR count). The number of benzene rings is 3. The van der Waals surface area contributed by atoms with Gasteiger partial charge in [-0.25, -0.2) is 4.79 Å². The van der Waals surface area contributed by atoms with Crippen molar-refractivity contribution in [2.24, 2.45) is 0 Å². The average Bonchev–Trinajstić information content (AvgIpc) is 2.66. The van der Waals surface area contributed by atoms with Crippen LogP contribution in [-0.4, -0.2) is 10.9 Å². The van der Waals surface area contributed by atoms with Gasteiger partial charge >= 0.3 is 6.03 Å². The molecule has 0 heterocycles. The van der Waals surface area contributed by atoms with Gasteiger partial charge in [-0.3, -0.25) is 0 Å². The first-order valence-electron chi connectivity index (χ1n) is 8.83. The van der Waals surface area contributed by atoms with Crippen LogP contribution in [0.2, 0.25) is 0 Å². The largest absolute Gasteiger partial charge is 0.322 e. The maximum atomic E-state index is 13.0. The number of amides is 2. The molecule has 3 aromatic carbocycles. The zero-order chi connectivity index (χ0) is 18.4. The molecule has 0 aliphatic rings. The van der Waals surface area contributed by atoms with Crippen molar-refractivity contribution < 1.29 is 4.79 Å². The average molecular weight is 344 g/mol. The van der Waals surface area contributed by atoms with Crippen molar-refractivity contribution in [1.29, 1.82) is 0 Å². The van der Waals surface area contributed by atoms with Crippen molar-refractivity contribution >= 4 is 11.7 Å². The molecule has 0 bridgehead atoms. The maximum Gasteiger partial charge on any atom is 0.322 e. The Morgan fingerprint density at radius 3 is 1.65 bits per heavy atom. The highest BCUT2D eigenvalue weighted by atomic mass is 16.2. The van der Waals surface area contributed by atoms with E-state index in [1.807, 2.05) is 97.6 Å². The summed E-state index contributed by atoms with van der Waals surface area (Å²) in [5, 5.41) is 3.11. The minimum atomic E-state index is -0.0879. The van der Waals surface area contributed by atoms with Gasteiger partial charge in [-0.15, -0.1) is 0 Å². The van der Waals surface area contributed by atoms with Crippen molar-refractivity contribution in [3.63, 3.8) is 0 Å². The van der Waals surface area contributed by atoms with Gasteiger partial charge in [0.2, 0.25) is 0 Å². The minimum absolute atomic E-state index is 0.0879. The normalized spacial score (nSPS) is 10.4. The molecule has 0 unspecified atom stereocenters. The smallest absolute Gasteiger partial charge is 0.316 e. The number of hydrogen-bond acceptors (Lipinski definition) is 1. The lowest BCUT2D eigenvalue weighted by molar-refractivity contribution is 0.206. The number of urea groups is 1. The van der Waals surface area contributed by atoms with E-state index in [-0.39, 0.29) is 6.03 Å². The van der Waals surface area contributed by atoms with Crippen LogP contribution < -0.4 is 5.32 Å². The highest BCUT2D eigenvalue weighted by Crippen LogP contribution is 2.21. The van der Waals surface area contributed by atoms with Crippen LogP contribution in [0.4, 0.5) is 10.5 Å². The van der Waals surface area contributed by atoms with E-state index in [1.165, 1.54) is 0 Å². The van der Waals surface area contributed by atoms with Crippen LogP contribution in [0.1, 0.15) is 22.3 Å². The molecular formula is C23H24N2O. The number of carbonyl (C=O) groups is 1. The molecule has 0 saturated carbocycles. The lowest BCUT2D eigenvalue weighted by Gasteiger charge is -2.24. The highest BCUT2D eigenvalue weighted by molar-refractivity contribution is 5.91. The van der Waals surface area contributed by atoms with Crippen molar-refractivity contribution in [2.75, 3.05) is 5.32 Å². The molecule has 0 atom stereocenters. The maximum absolute atomic E-state index is 13.0. The summed E-state index contributed by atoms with van der Waals surface area (Å²) in [6.45, 7) is 5.15. The summed E-state index contributed by atoms with van der Waals surface area (Å²) < 4.78 is 0. The van der Waals surface area contributed by atoms with Crippen molar-refractivity contribution in [2.45, 2.75) is 26.9 Å². The predicted molar refractivity (Wildman–Crippen MR) is 107 cm³/mol. The molecule has 0 saturated heterocycles. The molecule has 0 aliphatic carbocycles. The third kappa shape index (κ3) is 4.51. The first-order chi connectivity index (χ1) is 12.6. The second-order valence-electron chi connectivity index (χ2n) is 6.52. The predicted octanol–water partition coefficient (Wildman–Crippen LogP) is 5.54. The molecule has 132 valence electrons. The van der Waals surface area contributed by atoms with Gasteiger partial charge in [0, 0.05) is 18.8 Å². The molecule has 3 aromatic rings. The Bertz CT molecular complexity index is 798. The van der Waals surface area contributed by atoms with Crippen LogP contribution in [0.5, 0.6) is 0 Å². The van der Waals surface area contributed by atoms with Gasteiger partial charge in [0.25, 0.3) is 0 Å². The molecule has 2 amide bonds. The number of nitrogens with one attached hydrogen (secondary N) is 1.